The third-order valence-electron chi connectivity index (χ3n) is 3.42. The van der Waals surface area contributed by atoms with E-state index in [-0.39, 0.29) is 18.6 Å². The number of hydrogen-bond acceptors (Lipinski definition) is 1. The third kappa shape index (κ3) is 2.39. The zero-order valence-electron chi connectivity index (χ0n) is 8.99. The van der Waals surface area contributed by atoms with Crippen LogP contribution in [0.15, 0.2) is 12.2 Å². The van der Waals surface area contributed by atoms with Crippen LogP contribution in [-0.2, 0) is 4.79 Å². The van der Waals surface area contributed by atoms with Gasteiger partial charge in [0, 0.05) is 13.0 Å². The molecule has 2 atom stereocenters. The molecule has 0 spiro atoms. The van der Waals surface area contributed by atoms with Crippen molar-refractivity contribution in [2.24, 2.45) is 5.92 Å². The summed E-state index contributed by atoms with van der Waals surface area (Å²) in [4.78, 5) is 13.6. The van der Waals surface area contributed by atoms with Gasteiger partial charge in [-0.1, -0.05) is 12.2 Å². The van der Waals surface area contributed by atoms with Gasteiger partial charge in [-0.3, -0.25) is 4.79 Å². The van der Waals surface area contributed by atoms with Crippen LogP contribution in [0.4, 0.5) is 4.39 Å². The number of alkyl halides is 1. The van der Waals surface area contributed by atoms with Crippen molar-refractivity contribution in [2.45, 2.75) is 38.1 Å². The number of hydrogen-bond donors (Lipinski definition) is 0. The largest absolute Gasteiger partial charge is 0.337 e. The van der Waals surface area contributed by atoms with Gasteiger partial charge in [0.25, 0.3) is 0 Å². The van der Waals surface area contributed by atoms with Crippen molar-refractivity contribution in [2.75, 3.05) is 13.2 Å². The maximum atomic E-state index is 12.6. The van der Waals surface area contributed by atoms with Gasteiger partial charge in [0.15, 0.2) is 0 Å². The average molecular weight is 211 g/mol. The molecular formula is C12H18FNO. The molecule has 0 aromatic heterocycles. The van der Waals surface area contributed by atoms with Crippen LogP contribution in [-0.4, -0.2) is 30.1 Å². The number of nitrogens with zero attached hydrogens (tertiary/aromatic N) is 1. The van der Waals surface area contributed by atoms with Crippen LogP contribution in [0.2, 0.25) is 0 Å². The summed E-state index contributed by atoms with van der Waals surface area (Å²) in [5.41, 5.74) is 0. The number of halogens is 1. The van der Waals surface area contributed by atoms with E-state index in [0.717, 1.165) is 32.2 Å². The van der Waals surface area contributed by atoms with Gasteiger partial charge < -0.3 is 4.90 Å². The number of likely N-dealkylation sites (tertiary alicyclic amines) is 1. The van der Waals surface area contributed by atoms with Gasteiger partial charge >= 0.3 is 0 Å². The first-order valence-electron chi connectivity index (χ1n) is 5.83. The monoisotopic (exact) mass is 211 g/mol. The molecule has 0 saturated carbocycles. The SMILES string of the molecule is O=C(C[C@@H]1C=CCC1)N1CCC[C@H]1CF. The van der Waals surface area contributed by atoms with Crippen LogP contribution in [0, 0.1) is 5.92 Å². The fourth-order valence-electron chi connectivity index (χ4n) is 2.53. The Morgan fingerprint density at radius 3 is 3.00 bits per heavy atom. The summed E-state index contributed by atoms with van der Waals surface area (Å²) < 4.78 is 12.6. The Bertz CT molecular complexity index is 264. The van der Waals surface area contributed by atoms with Gasteiger partial charge in [-0.2, -0.15) is 0 Å². The lowest BCUT2D eigenvalue weighted by Gasteiger charge is -2.23. The van der Waals surface area contributed by atoms with E-state index in [4.69, 9.17) is 0 Å². The van der Waals surface area contributed by atoms with Crippen molar-refractivity contribution in [3.8, 4) is 0 Å². The quantitative estimate of drug-likeness (QED) is 0.656. The Labute approximate surface area is 90.1 Å². The van der Waals surface area contributed by atoms with Crippen LogP contribution in [0.25, 0.3) is 0 Å². The van der Waals surface area contributed by atoms with E-state index < -0.39 is 0 Å². The maximum Gasteiger partial charge on any atom is 0.223 e. The normalized spacial score (nSPS) is 30.1. The highest BCUT2D eigenvalue weighted by atomic mass is 19.1. The second-order valence-electron chi connectivity index (χ2n) is 4.51. The number of allylic oxidation sites excluding steroid dienone is 2. The molecule has 1 fully saturated rings. The lowest BCUT2D eigenvalue weighted by Crippen LogP contribution is -2.37. The number of carbonyl (C=O) groups excluding carboxylic acids is 1. The summed E-state index contributed by atoms with van der Waals surface area (Å²) >= 11 is 0. The highest BCUT2D eigenvalue weighted by Crippen LogP contribution is 2.24. The number of amides is 1. The fraction of sp³-hybridized carbons (Fsp3) is 0.750. The van der Waals surface area contributed by atoms with Crippen molar-refractivity contribution < 1.29 is 9.18 Å². The molecule has 1 heterocycles. The molecule has 0 aromatic rings. The second kappa shape index (κ2) is 4.77. The molecule has 1 aliphatic carbocycles. The molecule has 1 saturated heterocycles. The van der Waals surface area contributed by atoms with Crippen LogP contribution in [0.1, 0.15) is 32.1 Å². The summed E-state index contributed by atoms with van der Waals surface area (Å²) in [5, 5.41) is 0. The third-order valence-corrected chi connectivity index (χ3v) is 3.42. The van der Waals surface area contributed by atoms with Crippen molar-refractivity contribution in [3.05, 3.63) is 12.2 Å². The molecule has 0 unspecified atom stereocenters. The summed E-state index contributed by atoms with van der Waals surface area (Å²) in [7, 11) is 0. The molecule has 84 valence electrons. The molecular weight excluding hydrogens is 193 g/mol. The van der Waals surface area contributed by atoms with Gasteiger partial charge in [0.05, 0.1) is 6.04 Å². The number of rotatable bonds is 3. The van der Waals surface area contributed by atoms with Crippen LogP contribution < -0.4 is 0 Å². The minimum Gasteiger partial charge on any atom is -0.337 e. The van der Waals surface area contributed by atoms with Crippen molar-refractivity contribution in [1.82, 2.24) is 4.90 Å². The first-order valence-corrected chi connectivity index (χ1v) is 5.83. The summed E-state index contributed by atoms with van der Waals surface area (Å²) in [6.07, 6.45) is 8.80. The average Bonchev–Trinajstić information content (AvgIpc) is 2.86. The maximum absolute atomic E-state index is 12.6. The van der Waals surface area contributed by atoms with Crippen LogP contribution in [0.5, 0.6) is 0 Å². The van der Waals surface area contributed by atoms with Gasteiger partial charge in [-0.25, -0.2) is 4.39 Å². The lowest BCUT2D eigenvalue weighted by molar-refractivity contribution is -0.133. The smallest absolute Gasteiger partial charge is 0.223 e. The van der Waals surface area contributed by atoms with Crippen molar-refractivity contribution in [1.29, 1.82) is 0 Å². The number of carbonyl (C=O) groups is 1. The van der Waals surface area contributed by atoms with Gasteiger partial charge in [-0.15, -0.1) is 0 Å². The van der Waals surface area contributed by atoms with E-state index in [1.165, 1.54) is 0 Å². The fourth-order valence-corrected chi connectivity index (χ4v) is 2.53. The summed E-state index contributed by atoms with van der Waals surface area (Å²) in [5.74, 6) is 0.546. The predicted octanol–water partition coefficient (Wildman–Crippen LogP) is 2.30. The van der Waals surface area contributed by atoms with E-state index >= 15 is 0 Å². The van der Waals surface area contributed by atoms with Crippen LogP contribution in [0.3, 0.4) is 0 Å². The lowest BCUT2D eigenvalue weighted by atomic mass is 10.0. The molecule has 1 amide bonds. The Kier molecular flexibility index (Phi) is 3.39. The van der Waals surface area contributed by atoms with E-state index in [9.17, 15) is 9.18 Å². The molecule has 0 bridgehead atoms. The molecule has 1 aliphatic heterocycles. The second-order valence-corrected chi connectivity index (χ2v) is 4.51. The predicted molar refractivity (Wildman–Crippen MR) is 57.2 cm³/mol. The zero-order valence-corrected chi connectivity index (χ0v) is 8.99. The van der Waals surface area contributed by atoms with E-state index in [1.807, 2.05) is 0 Å². The Balaban J connectivity index is 1.86. The molecule has 15 heavy (non-hydrogen) atoms. The minimum absolute atomic E-state index is 0.136. The standard InChI is InChI=1S/C12H18FNO/c13-9-11-6-3-7-14(11)12(15)8-10-4-1-2-5-10/h1,4,10-11H,2-3,5-9H2/t10-,11+/m1/s1. The highest BCUT2D eigenvalue weighted by Gasteiger charge is 2.29. The van der Waals surface area contributed by atoms with Crippen molar-refractivity contribution >= 4 is 5.91 Å². The molecule has 3 heteroatoms. The highest BCUT2D eigenvalue weighted by molar-refractivity contribution is 5.77. The van der Waals surface area contributed by atoms with Crippen molar-refractivity contribution in [3.63, 3.8) is 0 Å². The van der Waals surface area contributed by atoms with E-state index in [1.54, 1.807) is 4.90 Å². The zero-order chi connectivity index (χ0) is 10.7. The first-order chi connectivity index (χ1) is 7.31. The molecule has 0 aromatic carbocycles. The van der Waals surface area contributed by atoms with E-state index in [0.29, 0.717) is 12.3 Å². The topological polar surface area (TPSA) is 20.3 Å². The minimum atomic E-state index is -0.383. The molecule has 0 N–H and O–H groups in total. The Morgan fingerprint density at radius 1 is 1.47 bits per heavy atom. The Hall–Kier alpha value is -0.860. The van der Waals surface area contributed by atoms with E-state index in [2.05, 4.69) is 12.2 Å². The van der Waals surface area contributed by atoms with Gasteiger partial charge in [-0.05, 0) is 31.6 Å². The summed E-state index contributed by atoms with van der Waals surface area (Å²) in [6.45, 7) is 0.371. The molecule has 2 aliphatic rings. The Morgan fingerprint density at radius 2 is 2.33 bits per heavy atom. The molecule has 2 nitrogen and oxygen atoms in total. The summed E-state index contributed by atoms with van der Waals surface area (Å²) in [6, 6.07) is -0.136. The van der Waals surface area contributed by atoms with Crippen LogP contribution >= 0.6 is 0 Å². The first kappa shape index (κ1) is 10.7. The van der Waals surface area contributed by atoms with Gasteiger partial charge in [0.2, 0.25) is 5.91 Å². The van der Waals surface area contributed by atoms with Gasteiger partial charge in [0.1, 0.15) is 6.67 Å². The molecule has 2 rings (SSSR count). The molecule has 0 radical (unpaired) electrons.